The van der Waals surface area contributed by atoms with Gasteiger partial charge in [0.2, 0.25) is 0 Å². The number of thiol groups is 1. The van der Waals surface area contributed by atoms with Crippen molar-refractivity contribution in [3.8, 4) is 0 Å². The molecule has 1 aromatic rings. The summed E-state index contributed by atoms with van der Waals surface area (Å²) in [4.78, 5) is 0. The summed E-state index contributed by atoms with van der Waals surface area (Å²) in [6, 6.07) is 6.67. The molecule has 15 heavy (non-hydrogen) atoms. The van der Waals surface area contributed by atoms with Gasteiger partial charge < -0.3 is 4.31 Å². The zero-order valence-corrected chi connectivity index (χ0v) is 10.8. The molecular formula is C13H19NS. The van der Waals surface area contributed by atoms with E-state index in [1.165, 1.54) is 16.8 Å². The molecule has 0 bridgehead atoms. The summed E-state index contributed by atoms with van der Waals surface area (Å²) >= 11 is 4.64. The summed E-state index contributed by atoms with van der Waals surface area (Å²) in [5, 5.41) is 0. The van der Waals surface area contributed by atoms with Crippen molar-refractivity contribution in [2.75, 3.05) is 4.31 Å². The first-order chi connectivity index (χ1) is 6.92. The maximum absolute atomic E-state index is 4.64. The van der Waals surface area contributed by atoms with E-state index in [2.05, 4.69) is 63.0 Å². The molecule has 1 aliphatic rings. The zero-order valence-electron chi connectivity index (χ0n) is 9.91. The summed E-state index contributed by atoms with van der Waals surface area (Å²) in [6.07, 6.45) is 1.16. The minimum absolute atomic E-state index is 0.142. The minimum atomic E-state index is 0.142. The molecule has 1 nitrogen and oxygen atoms in total. The number of benzene rings is 1. The fraction of sp³-hybridized carbons (Fsp3) is 0.538. The number of hydrogen-bond donors (Lipinski definition) is 1. The smallest absolute Gasteiger partial charge is 0.0511 e. The van der Waals surface area contributed by atoms with Gasteiger partial charge in [-0.05, 0) is 50.3 Å². The maximum atomic E-state index is 4.64. The van der Waals surface area contributed by atoms with Crippen LogP contribution in [0.1, 0.15) is 44.2 Å². The first-order valence-corrected chi connectivity index (χ1v) is 5.91. The Hall–Kier alpha value is -0.630. The number of hydrogen-bond acceptors (Lipinski definition) is 2. The van der Waals surface area contributed by atoms with Crippen molar-refractivity contribution in [1.29, 1.82) is 0 Å². The first kappa shape index (κ1) is 10.9. The quantitative estimate of drug-likeness (QED) is 0.650. The van der Waals surface area contributed by atoms with E-state index in [0.29, 0.717) is 5.92 Å². The Morgan fingerprint density at radius 2 is 2.07 bits per heavy atom. The van der Waals surface area contributed by atoms with Crippen LogP contribution in [0.5, 0.6) is 0 Å². The van der Waals surface area contributed by atoms with Gasteiger partial charge in [-0.25, -0.2) is 0 Å². The molecule has 1 aromatic carbocycles. The Balaban J connectivity index is 2.55. The lowest BCUT2D eigenvalue weighted by atomic mass is 9.81. The average molecular weight is 221 g/mol. The molecule has 0 fully saturated rings. The van der Waals surface area contributed by atoms with Gasteiger partial charge in [0.05, 0.1) is 5.69 Å². The highest BCUT2D eigenvalue weighted by atomic mass is 32.1. The molecule has 0 aliphatic carbocycles. The molecule has 0 saturated heterocycles. The number of nitrogens with zero attached hydrogens (tertiary/aromatic N) is 1. The van der Waals surface area contributed by atoms with Gasteiger partial charge in [-0.15, -0.1) is 0 Å². The summed E-state index contributed by atoms with van der Waals surface area (Å²) in [7, 11) is 0. The average Bonchev–Trinajstić information content (AvgIpc) is 2.13. The van der Waals surface area contributed by atoms with Crippen LogP contribution in [0.15, 0.2) is 18.2 Å². The number of aryl methyl sites for hydroxylation is 1. The molecule has 2 heteroatoms. The van der Waals surface area contributed by atoms with Gasteiger partial charge in [0.1, 0.15) is 0 Å². The fourth-order valence-electron chi connectivity index (χ4n) is 2.53. The third kappa shape index (κ3) is 1.76. The molecule has 82 valence electrons. The van der Waals surface area contributed by atoms with Crippen molar-refractivity contribution in [1.82, 2.24) is 0 Å². The molecule has 1 atom stereocenters. The SMILES string of the molecule is Cc1ccc2c(c1)N(S)C(C)(C)CC2C. The second-order valence-corrected chi connectivity index (χ2v) is 5.69. The molecule has 0 aromatic heterocycles. The van der Waals surface area contributed by atoms with Crippen molar-refractivity contribution in [2.24, 2.45) is 0 Å². The molecule has 0 radical (unpaired) electrons. The van der Waals surface area contributed by atoms with Crippen molar-refractivity contribution >= 4 is 18.5 Å². The highest BCUT2D eigenvalue weighted by molar-refractivity contribution is 7.81. The standard InChI is InChI=1S/C13H19NS/c1-9-5-6-11-10(2)8-13(3,4)14(15)12(11)7-9/h5-7,10,15H,8H2,1-4H3. The normalized spacial score (nSPS) is 23.8. The van der Waals surface area contributed by atoms with E-state index in [-0.39, 0.29) is 5.54 Å². The van der Waals surface area contributed by atoms with E-state index in [0.717, 1.165) is 6.42 Å². The lowest BCUT2D eigenvalue weighted by molar-refractivity contribution is 0.427. The van der Waals surface area contributed by atoms with Crippen molar-refractivity contribution < 1.29 is 0 Å². The lowest BCUT2D eigenvalue weighted by Crippen LogP contribution is -2.42. The Labute approximate surface area is 98.0 Å². The van der Waals surface area contributed by atoms with Crippen LogP contribution in [0.25, 0.3) is 0 Å². The van der Waals surface area contributed by atoms with E-state index in [1.807, 2.05) is 0 Å². The Kier molecular flexibility index (Phi) is 2.50. The molecular weight excluding hydrogens is 202 g/mol. The predicted octanol–water partition coefficient (Wildman–Crippen LogP) is 3.93. The van der Waals surface area contributed by atoms with Gasteiger partial charge in [0, 0.05) is 5.54 Å². The summed E-state index contributed by atoms with van der Waals surface area (Å²) in [6.45, 7) is 8.94. The van der Waals surface area contributed by atoms with E-state index >= 15 is 0 Å². The highest BCUT2D eigenvalue weighted by Crippen LogP contribution is 2.44. The van der Waals surface area contributed by atoms with Crippen molar-refractivity contribution in [3.05, 3.63) is 29.3 Å². The monoisotopic (exact) mass is 221 g/mol. The topological polar surface area (TPSA) is 3.24 Å². The first-order valence-electron chi connectivity index (χ1n) is 5.51. The molecule has 0 spiro atoms. The van der Waals surface area contributed by atoms with E-state index in [4.69, 9.17) is 0 Å². The van der Waals surface area contributed by atoms with Crippen LogP contribution in [-0.2, 0) is 0 Å². The van der Waals surface area contributed by atoms with Crippen LogP contribution in [-0.4, -0.2) is 5.54 Å². The molecule has 1 heterocycles. The lowest BCUT2D eigenvalue weighted by Gasteiger charge is -2.44. The molecule has 1 aliphatic heterocycles. The van der Waals surface area contributed by atoms with Gasteiger partial charge in [0.15, 0.2) is 0 Å². The molecule has 2 rings (SSSR count). The van der Waals surface area contributed by atoms with Crippen LogP contribution in [0.4, 0.5) is 5.69 Å². The second-order valence-electron chi connectivity index (χ2n) is 5.29. The number of rotatable bonds is 0. The number of fused-ring (bicyclic) bond motifs is 1. The number of anilines is 1. The fourth-order valence-corrected chi connectivity index (χ4v) is 2.78. The Morgan fingerprint density at radius 3 is 2.73 bits per heavy atom. The van der Waals surface area contributed by atoms with Gasteiger partial charge in [-0.3, -0.25) is 0 Å². The molecule has 0 saturated carbocycles. The van der Waals surface area contributed by atoms with Crippen LogP contribution >= 0.6 is 12.8 Å². The van der Waals surface area contributed by atoms with Crippen LogP contribution in [0, 0.1) is 6.92 Å². The summed E-state index contributed by atoms with van der Waals surface area (Å²) in [5.41, 5.74) is 4.15. The van der Waals surface area contributed by atoms with Crippen molar-refractivity contribution in [2.45, 2.75) is 45.6 Å². The van der Waals surface area contributed by atoms with Crippen molar-refractivity contribution in [3.63, 3.8) is 0 Å². The Morgan fingerprint density at radius 1 is 1.40 bits per heavy atom. The Bertz CT molecular complexity index is 384. The van der Waals surface area contributed by atoms with Gasteiger partial charge in [-0.1, -0.05) is 31.9 Å². The zero-order chi connectivity index (χ0) is 11.2. The van der Waals surface area contributed by atoms with Crippen LogP contribution < -0.4 is 4.31 Å². The second kappa shape index (κ2) is 3.44. The largest absolute Gasteiger partial charge is 0.313 e. The van der Waals surface area contributed by atoms with E-state index < -0.39 is 0 Å². The molecule has 0 N–H and O–H groups in total. The van der Waals surface area contributed by atoms with E-state index in [1.54, 1.807) is 0 Å². The third-order valence-corrected chi connectivity index (χ3v) is 4.08. The van der Waals surface area contributed by atoms with Crippen LogP contribution in [0.2, 0.25) is 0 Å². The van der Waals surface area contributed by atoms with Gasteiger partial charge in [0.25, 0.3) is 0 Å². The summed E-state index contributed by atoms with van der Waals surface area (Å²) in [5.74, 6) is 0.624. The molecule has 0 amide bonds. The highest BCUT2D eigenvalue weighted by Gasteiger charge is 2.34. The van der Waals surface area contributed by atoms with Crippen LogP contribution in [0.3, 0.4) is 0 Å². The minimum Gasteiger partial charge on any atom is -0.313 e. The molecule has 1 unspecified atom stereocenters. The van der Waals surface area contributed by atoms with Gasteiger partial charge >= 0.3 is 0 Å². The summed E-state index contributed by atoms with van der Waals surface area (Å²) < 4.78 is 2.12. The van der Waals surface area contributed by atoms with Gasteiger partial charge in [-0.2, -0.15) is 0 Å². The third-order valence-electron chi connectivity index (χ3n) is 3.32. The van der Waals surface area contributed by atoms with E-state index in [9.17, 15) is 0 Å². The predicted molar refractivity (Wildman–Crippen MR) is 69.8 cm³/mol. The maximum Gasteiger partial charge on any atom is 0.0511 e.